The molecule has 0 aliphatic heterocycles. The standard InChI is InChI=1S/C31H52O6Si/c1-19(2)38(20(3)4,21(5)6)37-27-17-24(31(8,9)25(18-33-10)22(27)7)29(32)28-23(30(35-12)36-13)15-14-16-26(28)34-11/h14-16,18-21,24,29-30,32H,17H2,1-13H3/b25-18-/t24-,29+/m0/s1. The molecule has 0 radical (unpaired) electrons. The normalized spacial score (nSPS) is 20.2. The van der Waals surface area contributed by atoms with Crippen LogP contribution in [0.2, 0.25) is 16.6 Å². The Morgan fingerprint density at radius 2 is 1.50 bits per heavy atom. The third kappa shape index (κ3) is 5.86. The zero-order valence-electron chi connectivity index (χ0n) is 26.0. The fourth-order valence-corrected chi connectivity index (χ4v) is 12.2. The second-order valence-corrected chi connectivity index (χ2v) is 17.4. The number of ether oxygens (including phenoxy) is 4. The van der Waals surface area contributed by atoms with Gasteiger partial charge in [0.2, 0.25) is 0 Å². The molecule has 1 aliphatic rings. The molecule has 1 aliphatic carbocycles. The summed E-state index contributed by atoms with van der Waals surface area (Å²) < 4.78 is 29.8. The molecule has 1 aromatic carbocycles. The maximum atomic E-state index is 12.2. The molecule has 0 aromatic heterocycles. The van der Waals surface area contributed by atoms with E-state index >= 15 is 0 Å². The number of allylic oxidation sites excluding steroid dienone is 3. The lowest BCUT2D eigenvalue weighted by Crippen LogP contribution is -2.48. The van der Waals surface area contributed by atoms with Gasteiger partial charge in [-0.1, -0.05) is 67.5 Å². The van der Waals surface area contributed by atoms with E-state index in [1.165, 1.54) is 0 Å². The third-order valence-electron chi connectivity index (χ3n) is 8.77. The quantitative estimate of drug-likeness (QED) is 0.162. The first kappa shape index (κ1) is 32.4. The highest BCUT2D eigenvalue weighted by atomic mass is 28.4. The highest BCUT2D eigenvalue weighted by molar-refractivity contribution is 6.77. The van der Waals surface area contributed by atoms with Crippen molar-refractivity contribution in [3.05, 3.63) is 52.5 Å². The number of methoxy groups -OCH3 is 4. The predicted octanol–water partition coefficient (Wildman–Crippen LogP) is 8.06. The van der Waals surface area contributed by atoms with E-state index in [0.29, 0.717) is 34.4 Å². The summed E-state index contributed by atoms with van der Waals surface area (Å²) in [5.41, 5.74) is 4.44. The van der Waals surface area contributed by atoms with Crippen LogP contribution in [0.25, 0.3) is 0 Å². The van der Waals surface area contributed by atoms with Crippen molar-refractivity contribution in [2.75, 3.05) is 28.4 Å². The summed E-state index contributed by atoms with van der Waals surface area (Å²) in [7, 11) is 4.26. The summed E-state index contributed by atoms with van der Waals surface area (Å²) in [5.74, 6) is 1.35. The van der Waals surface area contributed by atoms with Gasteiger partial charge in [-0.05, 0) is 46.2 Å². The van der Waals surface area contributed by atoms with E-state index in [4.69, 9.17) is 23.4 Å². The first-order valence-electron chi connectivity index (χ1n) is 13.8. The Bertz CT molecular complexity index is 968. The fourth-order valence-electron chi connectivity index (χ4n) is 6.80. The van der Waals surface area contributed by atoms with E-state index in [-0.39, 0.29) is 5.92 Å². The molecule has 0 heterocycles. The Balaban J connectivity index is 2.77. The number of hydrogen-bond donors (Lipinski definition) is 1. The number of aliphatic hydroxyl groups is 1. The minimum Gasteiger partial charge on any atom is -0.545 e. The van der Waals surface area contributed by atoms with Gasteiger partial charge in [-0.2, -0.15) is 0 Å². The van der Waals surface area contributed by atoms with Crippen molar-refractivity contribution in [3.8, 4) is 5.75 Å². The molecule has 2 rings (SSSR count). The Labute approximate surface area is 232 Å². The Morgan fingerprint density at radius 1 is 0.947 bits per heavy atom. The maximum Gasteiger partial charge on any atom is 0.258 e. The molecule has 38 heavy (non-hydrogen) atoms. The summed E-state index contributed by atoms with van der Waals surface area (Å²) in [6.45, 7) is 20.2. The van der Waals surface area contributed by atoms with Crippen molar-refractivity contribution >= 4 is 8.32 Å². The van der Waals surface area contributed by atoms with Crippen LogP contribution in [0.5, 0.6) is 5.75 Å². The first-order chi connectivity index (χ1) is 17.8. The summed E-state index contributed by atoms with van der Waals surface area (Å²) in [5, 5.41) is 12.2. The smallest absolute Gasteiger partial charge is 0.258 e. The molecule has 0 saturated heterocycles. The van der Waals surface area contributed by atoms with E-state index in [1.807, 2.05) is 24.5 Å². The number of aliphatic hydroxyl groups excluding tert-OH is 1. The van der Waals surface area contributed by atoms with E-state index in [0.717, 1.165) is 22.5 Å². The van der Waals surface area contributed by atoms with Gasteiger partial charge in [0, 0.05) is 37.7 Å². The van der Waals surface area contributed by atoms with Crippen LogP contribution in [0.3, 0.4) is 0 Å². The largest absolute Gasteiger partial charge is 0.545 e. The van der Waals surface area contributed by atoms with E-state index in [2.05, 4.69) is 62.3 Å². The Kier molecular flexibility index (Phi) is 11.1. The van der Waals surface area contributed by atoms with Crippen molar-refractivity contribution in [2.45, 2.75) is 97.8 Å². The molecule has 0 saturated carbocycles. The molecular weight excluding hydrogens is 496 g/mol. The van der Waals surface area contributed by atoms with Gasteiger partial charge < -0.3 is 28.5 Å². The van der Waals surface area contributed by atoms with Crippen LogP contribution >= 0.6 is 0 Å². The Morgan fingerprint density at radius 3 is 1.95 bits per heavy atom. The van der Waals surface area contributed by atoms with Crippen molar-refractivity contribution in [2.24, 2.45) is 11.3 Å². The maximum absolute atomic E-state index is 12.2. The van der Waals surface area contributed by atoms with Gasteiger partial charge in [-0.25, -0.2) is 0 Å². The van der Waals surface area contributed by atoms with Crippen LogP contribution in [0, 0.1) is 11.3 Å². The van der Waals surface area contributed by atoms with Gasteiger partial charge in [0.1, 0.15) is 5.75 Å². The molecule has 0 bridgehead atoms. The predicted molar refractivity (Wildman–Crippen MR) is 157 cm³/mol. The van der Waals surface area contributed by atoms with Crippen molar-refractivity contribution in [1.29, 1.82) is 0 Å². The summed E-state index contributed by atoms with van der Waals surface area (Å²) in [6, 6.07) is 5.69. The van der Waals surface area contributed by atoms with Gasteiger partial charge in [0.25, 0.3) is 8.32 Å². The lowest BCUT2D eigenvalue weighted by atomic mass is 9.62. The van der Waals surface area contributed by atoms with Gasteiger partial charge in [0.05, 0.1) is 32.3 Å². The molecule has 0 fully saturated rings. The van der Waals surface area contributed by atoms with Gasteiger partial charge in [0.15, 0.2) is 6.29 Å². The Hall–Kier alpha value is -1.80. The number of rotatable bonds is 12. The molecule has 216 valence electrons. The number of benzene rings is 1. The monoisotopic (exact) mass is 548 g/mol. The molecule has 0 unspecified atom stereocenters. The second kappa shape index (κ2) is 13.0. The van der Waals surface area contributed by atoms with Gasteiger partial charge in [-0.15, -0.1) is 0 Å². The molecule has 6 nitrogen and oxygen atoms in total. The highest BCUT2D eigenvalue weighted by Gasteiger charge is 2.51. The van der Waals surface area contributed by atoms with Gasteiger partial charge in [-0.3, -0.25) is 0 Å². The molecule has 0 amide bonds. The lowest BCUT2D eigenvalue weighted by molar-refractivity contribution is -0.108. The fraction of sp³-hybridized carbons (Fsp3) is 0.677. The summed E-state index contributed by atoms with van der Waals surface area (Å²) >= 11 is 0. The highest BCUT2D eigenvalue weighted by Crippen LogP contribution is 2.55. The van der Waals surface area contributed by atoms with Crippen LogP contribution in [-0.2, 0) is 18.6 Å². The summed E-state index contributed by atoms with van der Waals surface area (Å²) in [4.78, 5) is 0. The third-order valence-corrected chi connectivity index (χ3v) is 14.8. The molecule has 7 heteroatoms. The van der Waals surface area contributed by atoms with E-state index in [1.54, 1.807) is 28.4 Å². The van der Waals surface area contributed by atoms with Crippen molar-refractivity contribution < 1.29 is 28.5 Å². The first-order valence-corrected chi connectivity index (χ1v) is 15.9. The van der Waals surface area contributed by atoms with Crippen molar-refractivity contribution in [1.82, 2.24) is 0 Å². The molecule has 1 aromatic rings. The zero-order valence-corrected chi connectivity index (χ0v) is 27.0. The average molecular weight is 549 g/mol. The molecule has 0 spiro atoms. The SMILES string of the molecule is CO/C=C1/C(C)=C(O[Si](C(C)C)(C(C)C)C(C)C)C[C@@H]([C@@H](O)c2c(OC)cccc2C(OC)OC)C1(C)C. The minimum absolute atomic E-state index is 0.217. The van der Waals surface area contributed by atoms with Crippen LogP contribution in [0.15, 0.2) is 41.4 Å². The van der Waals surface area contributed by atoms with E-state index in [9.17, 15) is 5.11 Å². The molecule has 2 atom stereocenters. The van der Waals surface area contributed by atoms with Crippen LogP contribution < -0.4 is 4.74 Å². The lowest BCUT2D eigenvalue weighted by Gasteiger charge is -2.49. The number of hydrogen-bond acceptors (Lipinski definition) is 6. The molecule has 1 N–H and O–H groups in total. The van der Waals surface area contributed by atoms with Crippen LogP contribution in [0.4, 0.5) is 0 Å². The van der Waals surface area contributed by atoms with Crippen LogP contribution in [-0.4, -0.2) is 41.9 Å². The molecular formula is C31H52O6Si. The topological polar surface area (TPSA) is 66.4 Å². The van der Waals surface area contributed by atoms with E-state index < -0.39 is 26.1 Å². The summed E-state index contributed by atoms with van der Waals surface area (Å²) in [6.07, 6.45) is 0.914. The van der Waals surface area contributed by atoms with Crippen molar-refractivity contribution in [3.63, 3.8) is 0 Å². The average Bonchev–Trinajstić information content (AvgIpc) is 2.85. The minimum atomic E-state index is -2.23. The van der Waals surface area contributed by atoms with Gasteiger partial charge >= 0.3 is 0 Å². The zero-order chi connectivity index (χ0) is 29.0. The second-order valence-electron chi connectivity index (χ2n) is 12.0. The van der Waals surface area contributed by atoms with Crippen LogP contribution in [0.1, 0.15) is 92.3 Å².